The van der Waals surface area contributed by atoms with Crippen molar-refractivity contribution in [1.82, 2.24) is 19.8 Å². The minimum atomic E-state index is -0.469. The van der Waals surface area contributed by atoms with Crippen molar-refractivity contribution >= 4 is 5.91 Å². The lowest BCUT2D eigenvalue weighted by Crippen LogP contribution is -2.50. The van der Waals surface area contributed by atoms with Gasteiger partial charge in [0.15, 0.2) is 0 Å². The van der Waals surface area contributed by atoms with E-state index >= 15 is 0 Å². The third-order valence-corrected chi connectivity index (χ3v) is 7.15. The summed E-state index contributed by atoms with van der Waals surface area (Å²) in [6, 6.07) is 14.5. The van der Waals surface area contributed by atoms with E-state index in [9.17, 15) is 14.3 Å². The Hall–Kier alpha value is -3.07. The third-order valence-electron chi connectivity index (χ3n) is 7.15. The summed E-state index contributed by atoms with van der Waals surface area (Å²) in [5, 5.41) is 13.5. The average Bonchev–Trinajstić information content (AvgIpc) is 3.53. The van der Waals surface area contributed by atoms with Gasteiger partial charge < -0.3 is 24.6 Å². The van der Waals surface area contributed by atoms with E-state index in [0.29, 0.717) is 32.0 Å². The van der Waals surface area contributed by atoms with Crippen molar-refractivity contribution in [1.29, 1.82) is 0 Å². The predicted octanol–water partition coefficient (Wildman–Crippen LogP) is 3.25. The fraction of sp³-hybridized carbons (Fsp3) is 0.407. The van der Waals surface area contributed by atoms with E-state index in [1.165, 1.54) is 12.1 Å². The first-order valence-corrected chi connectivity index (χ1v) is 12.2. The number of carbonyl (C=O) groups excluding carboxylic acids is 1. The second kappa shape index (κ2) is 10.3. The van der Waals surface area contributed by atoms with Crippen molar-refractivity contribution in [3.8, 4) is 11.1 Å². The van der Waals surface area contributed by atoms with Gasteiger partial charge in [-0.3, -0.25) is 4.79 Å². The summed E-state index contributed by atoms with van der Waals surface area (Å²) in [6.07, 6.45) is 4.52. The zero-order valence-electron chi connectivity index (χ0n) is 19.8. The molecule has 0 radical (unpaired) electrons. The Morgan fingerprint density at radius 1 is 1.14 bits per heavy atom. The minimum absolute atomic E-state index is 0.0312. The lowest BCUT2D eigenvalue weighted by atomic mass is 9.95. The molecule has 2 N–H and O–H groups in total. The van der Waals surface area contributed by atoms with Gasteiger partial charge in [0.2, 0.25) is 0 Å². The molecule has 5 rings (SSSR count). The van der Waals surface area contributed by atoms with E-state index in [0.717, 1.165) is 29.5 Å². The van der Waals surface area contributed by atoms with E-state index < -0.39 is 6.10 Å². The van der Waals surface area contributed by atoms with Crippen LogP contribution in [0.2, 0.25) is 0 Å². The van der Waals surface area contributed by atoms with Crippen molar-refractivity contribution in [3.63, 3.8) is 0 Å². The molecule has 2 aliphatic heterocycles. The first-order chi connectivity index (χ1) is 17.0. The number of likely N-dealkylation sites (tertiary alicyclic amines) is 1. The van der Waals surface area contributed by atoms with Crippen LogP contribution < -0.4 is 5.32 Å². The van der Waals surface area contributed by atoms with Crippen molar-refractivity contribution in [2.75, 3.05) is 26.3 Å². The van der Waals surface area contributed by atoms with Crippen LogP contribution in [-0.2, 0) is 4.74 Å². The maximum atomic E-state index is 13.5. The average molecular weight is 479 g/mol. The fourth-order valence-electron chi connectivity index (χ4n) is 5.10. The first-order valence-electron chi connectivity index (χ1n) is 12.2. The lowest BCUT2D eigenvalue weighted by Gasteiger charge is -2.34. The molecule has 0 saturated carbocycles. The number of rotatable bonds is 6. The molecule has 7 nitrogen and oxygen atoms in total. The first kappa shape index (κ1) is 23.7. The number of nitrogens with zero attached hydrogens (tertiary/aromatic N) is 3. The number of amides is 1. The molecular formula is C27H31FN4O3. The van der Waals surface area contributed by atoms with Crippen molar-refractivity contribution in [2.24, 2.45) is 0 Å². The van der Waals surface area contributed by atoms with Crippen LogP contribution in [0, 0.1) is 5.82 Å². The number of hydrogen-bond acceptors (Lipinski definition) is 5. The number of benzene rings is 2. The molecule has 0 spiro atoms. The number of hydrogen-bond donors (Lipinski definition) is 2. The van der Waals surface area contributed by atoms with Crippen LogP contribution in [0.1, 0.15) is 41.9 Å². The van der Waals surface area contributed by atoms with Crippen molar-refractivity contribution in [3.05, 3.63) is 78.1 Å². The second-order valence-electron chi connectivity index (χ2n) is 9.40. The number of nitrogens with one attached hydrogen (secondary N) is 1. The number of halogens is 1. The van der Waals surface area contributed by atoms with Crippen molar-refractivity contribution in [2.45, 2.75) is 44.0 Å². The van der Waals surface area contributed by atoms with Crippen LogP contribution in [-0.4, -0.2) is 70.0 Å². The van der Waals surface area contributed by atoms with Crippen LogP contribution >= 0.6 is 0 Å². The van der Waals surface area contributed by atoms with Gasteiger partial charge in [-0.25, -0.2) is 9.37 Å². The van der Waals surface area contributed by atoms with Gasteiger partial charge in [-0.1, -0.05) is 36.4 Å². The fourth-order valence-corrected chi connectivity index (χ4v) is 5.10. The van der Waals surface area contributed by atoms with Gasteiger partial charge in [0.25, 0.3) is 5.91 Å². The number of imidazole rings is 1. The molecule has 35 heavy (non-hydrogen) atoms. The summed E-state index contributed by atoms with van der Waals surface area (Å²) in [5.74, 6) is -0.301. The molecule has 3 atom stereocenters. The Bertz CT molecular complexity index is 1160. The van der Waals surface area contributed by atoms with Gasteiger partial charge in [-0.05, 0) is 48.6 Å². The normalized spacial score (nSPS) is 21.9. The zero-order chi connectivity index (χ0) is 24.4. The number of aromatic nitrogens is 2. The van der Waals surface area contributed by atoms with Crippen molar-refractivity contribution < 1.29 is 19.0 Å². The SMILES string of the molecule is C[C@@H](c1ccccc1-c1ccc(F)cc1)n1cncc1C(=O)N1CCC(N[C@@H]2COC[C@H]2O)CC1. The molecule has 3 heterocycles. The van der Waals surface area contributed by atoms with Gasteiger partial charge in [0.1, 0.15) is 11.5 Å². The van der Waals surface area contributed by atoms with Crippen LogP contribution in [0.4, 0.5) is 4.39 Å². The third kappa shape index (κ3) is 5.00. The number of ether oxygens (including phenoxy) is 1. The molecule has 0 bridgehead atoms. The predicted molar refractivity (Wildman–Crippen MR) is 131 cm³/mol. The molecule has 0 unspecified atom stereocenters. The summed E-state index contributed by atoms with van der Waals surface area (Å²) in [6.45, 7) is 4.24. The van der Waals surface area contributed by atoms with Crippen LogP contribution in [0.25, 0.3) is 11.1 Å². The van der Waals surface area contributed by atoms with Gasteiger partial charge >= 0.3 is 0 Å². The number of aliphatic hydroxyl groups is 1. The molecule has 8 heteroatoms. The van der Waals surface area contributed by atoms with Gasteiger partial charge in [0.05, 0.1) is 43.9 Å². The molecule has 0 aliphatic carbocycles. The number of carbonyl (C=O) groups is 1. The smallest absolute Gasteiger partial charge is 0.272 e. The maximum absolute atomic E-state index is 13.5. The standard InChI is InChI=1S/C27H31FN4O3/c1-18(22-4-2-3-5-23(22)19-6-8-20(28)9-7-19)32-17-29-14-25(32)27(34)31-12-10-21(11-13-31)30-24-15-35-16-26(24)33/h2-9,14,17-18,21,24,26,30,33H,10-13,15-16H2,1H3/t18-,24+,26+/m0/s1. The summed E-state index contributed by atoms with van der Waals surface area (Å²) >= 11 is 0. The Kier molecular flexibility index (Phi) is 6.95. The molecule has 3 aromatic rings. The number of aliphatic hydroxyl groups excluding tert-OH is 1. The molecule has 2 saturated heterocycles. The zero-order valence-corrected chi connectivity index (χ0v) is 19.8. The van der Waals surface area contributed by atoms with E-state index in [1.54, 1.807) is 24.7 Å². The largest absolute Gasteiger partial charge is 0.389 e. The van der Waals surface area contributed by atoms with Crippen LogP contribution in [0.15, 0.2) is 61.1 Å². The van der Waals surface area contributed by atoms with Crippen LogP contribution in [0.5, 0.6) is 0 Å². The van der Waals surface area contributed by atoms with Gasteiger partial charge in [0, 0.05) is 19.1 Å². The summed E-state index contributed by atoms with van der Waals surface area (Å²) < 4.78 is 20.7. The lowest BCUT2D eigenvalue weighted by molar-refractivity contribution is 0.0679. The van der Waals surface area contributed by atoms with Gasteiger partial charge in [-0.2, -0.15) is 0 Å². The molecular weight excluding hydrogens is 447 g/mol. The van der Waals surface area contributed by atoms with E-state index in [2.05, 4.69) is 10.3 Å². The van der Waals surface area contributed by atoms with Gasteiger partial charge in [-0.15, -0.1) is 0 Å². The topological polar surface area (TPSA) is 79.6 Å². The Morgan fingerprint density at radius 3 is 2.60 bits per heavy atom. The Balaban J connectivity index is 1.30. The highest BCUT2D eigenvalue weighted by molar-refractivity contribution is 5.92. The second-order valence-corrected chi connectivity index (χ2v) is 9.40. The summed E-state index contributed by atoms with van der Waals surface area (Å²) in [4.78, 5) is 19.6. The maximum Gasteiger partial charge on any atom is 0.272 e. The Labute approximate surface area is 204 Å². The van der Waals surface area contributed by atoms with Crippen LogP contribution in [0.3, 0.4) is 0 Å². The highest BCUT2D eigenvalue weighted by Crippen LogP contribution is 2.31. The molecule has 2 aromatic carbocycles. The van der Waals surface area contributed by atoms with E-state index in [1.807, 2.05) is 40.7 Å². The molecule has 1 aromatic heterocycles. The van der Waals surface area contributed by atoms with E-state index in [-0.39, 0.29) is 29.8 Å². The monoisotopic (exact) mass is 478 g/mol. The highest BCUT2D eigenvalue weighted by atomic mass is 19.1. The summed E-state index contributed by atoms with van der Waals surface area (Å²) in [5.41, 5.74) is 3.51. The minimum Gasteiger partial charge on any atom is -0.389 e. The van der Waals surface area contributed by atoms with E-state index in [4.69, 9.17) is 4.74 Å². The summed E-state index contributed by atoms with van der Waals surface area (Å²) in [7, 11) is 0. The molecule has 2 fully saturated rings. The Morgan fingerprint density at radius 2 is 1.89 bits per heavy atom. The molecule has 184 valence electrons. The quantitative estimate of drug-likeness (QED) is 0.569. The number of piperidine rings is 1. The molecule has 1 amide bonds. The highest BCUT2D eigenvalue weighted by Gasteiger charge is 2.31. The molecule has 2 aliphatic rings.